The molecule has 0 saturated carbocycles. The summed E-state index contributed by atoms with van der Waals surface area (Å²) >= 11 is 0. The van der Waals surface area contributed by atoms with Crippen molar-refractivity contribution in [2.75, 3.05) is 10.6 Å². The smallest absolute Gasteiger partial charge is 0.308 e. The Morgan fingerprint density at radius 1 is 1.17 bits per heavy atom. The van der Waals surface area contributed by atoms with Crippen LogP contribution in [0.5, 0.6) is 0 Å². The zero-order valence-corrected chi connectivity index (χ0v) is 11.3. The molecule has 0 fully saturated rings. The van der Waals surface area contributed by atoms with Crippen LogP contribution in [0.4, 0.5) is 29.5 Å². The average Bonchev–Trinajstić information content (AvgIpc) is 2.96. The summed E-state index contributed by atoms with van der Waals surface area (Å²) in [6, 6.07) is 3.58. The van der Waals surface area contributed by atoms with Crippen LogP contribution in [0.3, 0.4) is 0 Å². The monoisotopic (exact) mass is 322 g/mol. The third kappa shape index (κ3) is 3.20. The number of nitrogens with one attached hydrogen (secondary N) is 3. The number of benzene rings is 1. The second-order valence-electron chi connectivity index (χ2n) is 4.51. The summed E-state index contributed by atoms with van der Waals surface area (Å²) in [5, 5.41) is 11.6. The van der Waals surface area contributed by atoms with Crippen LogP contribution in [0.1, 0.15) is 5.56 Å². The van der Waals surface area contributed by atoms with Crippen LogP contribution in [0, 0.1) is 0 Å². The number of nitrogens with zero attached hydrogens (tertiary/aromatic N) is 3. The number of anilines is 2. The van der Waals surface area contributed by atoms with Crippen molar-refractivity contribution in [2.45, 2.75) is 6.18 Å². The quantitative estimate of drug-likeness (QED) is 0.676. The number of amides is 2. The molecule has 23 heavy (non-hydrogen) atoms. The fourth-order valence-corrected chi connectivity index (χ4v) is 1.91. The van der Waals surface area contributed by atoms with E-state index in [1.165, 1.54) is 24.7 Å². The first-order valence-corrected chi connectivity index (χ1v) is 6.33. The number of alkyl halides is 3. The van der Waals surface area contributed by atoms with Gasteiger partial charge in [0.1, 0.15) is 12.1 Å². The van der Waals surface area contributed by atoms with Crippen molar-refractivity contribution in [3.8, 4) is 0 Å². The minimum atomic E-state index is -4.48. The SMILES string of the molecule is O=C(Nc1cccc(C(F)(F)F)c1)Nc1ncnc2[nH]ncc12. The van der Waals surface area contributed by atoms with Gasteiger partial charge >= 0.3 is 12.2 Å². The molecule has 0 saturated heterocycles. The Labute approximate surface area is 126 Å². The highest BCUT2D eigenvalue weighted by Gasteiger charge is 2.30. The standard InChI is InChI=1S/C13H9F3N6O/c14-13(15,16)7-2-1-3-8(4-7)20-12(23)21-10-9-5-19-22-11(9)18-6-17-10/h1-6H,(H3,17,18,19,20,21,22,23). The first kappa shape index (κ1) is 14.8. The number of hydrogen-bond acceptors (Lipinski definition) is 4. The van der Waals surface area contributed by atoms with Gasteiger partial charge in [0.2, 0.25) is 0 Å². The fourth-order valence-electron chi connectivity index (χ4n) is 1.91. The second kappa shape index (κ2) is 5.55. The third-order valence-electron chi connectivity index (χ3n) is 2.93. The summed E-state index contributed by atoms with van der Waals surface area (Å²) in [6.45, 7) is 0. The van der Waals surface area contributed by atoms with Gasteiger partial charge in [-0.15, -0.1) is 0 Å². The number of fused-ring (bicyclic) bond motifs is 1. The highest BCUT2D eigenvalue weighted by atomic mass is 19.4. The first-order valence-electron chi connectivity index (χ1n) is 6.33. The number of aromatic amines is 1. The van der Waals surface area contributed by atoms with Crippen molar-refractivity contribution in [2.24, 2.45) is 0 Å². The summed E-state index contributed by atoms with van der Waals surface area (Å²) in [6.07, 6.45) is -1.83. The molecule has 0 radical (unpaired) electrons. The normalized spacial score (nSPS) is 11.4. The van der Waals surface area contributed by atoms with Gasteiger partial charge in [-0.3, -0.25) is 10.4 Å². The Bertz CT molecular complexity index is 860. The van der Waals surface area contributed by atoms with Crippen LogP contribution < -0.4 is 10.6 Å². The number of halogens is 3. The zero-order chi connectivity index (χ0) is 16.4. The van der Waals surface area contributed by atoms with E-state index < -0.39 is 17.8 Å². The second-order valence-corrected chi connectivity index (χ2v) is 4.51. The molecule has 0 atom stereocenters. The number of aromatic nitrogens is 4. The Balaban J connectivity index is 1.76. The Hall–Kier alpha value is -3.17. The maximum absolute atomic E-state index is 12.6. The molecular weight excluding hydrogens is 313 g/mol. The Morgan fingerprint density at radius 2 is 2.00 bits per heavy atom. The molecule has 0 unspecified atom stereocenters. The predicted molar refractivity (Wildman–Crippen MR) is 75.8 cm³/mol. The van der Waals surface area contributed by atoms with Gasteiger partial charge in [0.05, 0.1) is 17.1 Å². The van der Waals surface area contributed by atoms with Gasteiger partial charge in [0, 0.05) is 5.69 Å². The van der Waals surface area contributed by atoms with E-state index in [9.17, 15) is 18.0 Å². The highest BCUT2D eigenvalue weighted by Crippen LogP contribution is 2.30. The molecule has 0 aliphatic heterocycles. The minimum absolute atomic E-state index is 0.00909. The largest absolute Gasteiger partial charge is 0.416 e. The maximum Gasteiger partial charge on any atom is 0.416 e. The number of rotatable bonds is 2. The van der Waals surface area contributed by atoms with Gasteiger partial charge in [-0.2, -0.15) is 18.3 Å². The summed E-state index contributed by atoms with van der Waals surface area (Å²) in [4.78, 5) is 19.7. The van der Waals surface area contributed by atoms with E-state index in [0.717, 1.165) is 12.1 Å². The van der Waals surface area contributed by atoms with E-state index in [0.29, 0.717) is 11.0 Å². The molecule has 2 amide bonds. The lowest BCUT2D eigenvalue weighted by Gasteiger charge is -2.10. The third-order valence-corrected chi connectivity index (χ3v) is 2.93. The van der Waals surface area contributed by atoms with Gasteiger partial charge in [0.25, 0.3) is 0 Å². The van der Waals surface area contributed by atoms with Gasteiger partial charge < -0.3 is 5.32 Å². The lowest BCUT2D eigenvalue weighted by molar-refractivity contribution is -0.137. The van der Waals surface area contributed by atoms with Crippen molar-refractivity contribution < 1.29 is 18.0 Å². The Kier molecular flexibility index (Phi) is 3.56. The van der Waals surface area contributed by atoms with Crippen molar-refractivity contribution in [1.82, 2.24) is 20.2 Å². The van der Waals surface area contributed by atoms with Gasteiger partial charge in [0.15, 0.2) is 5.65 Å². The summed E-state index contributed by atoms with van der Waals surface area (Å²) < 4.78 is 37.9. The minimum Gasteiger partial charge on any atom is -0.308 e. The lowest BCUT2D eigenvalue weighted by atomic mass is 10.2. The molecule has 118 valence electrons. The predicted octanol–water partition coefficient (Wildman–Crippen LogP) is 3.02. The number of H-pyrrole nitrogens is 1. The van der Waals surface area contributed by atoms with Crippen LogP contribution >= 0.6 is 0 Å². The van der Waals surface area contributed by atoms with Crippen LogP contribution in [0.2, 0.25) is 0 Å². The van der Waals surface area contributed by atoms with E-state index in [2.05, 4.69) is 30.8 Å². The molecule has 3 N–H and O–H groups in total. The van der Waals surface area contributed by atoms with Gasteiger partial charge in [-0.1, -0.05) is 6.07 Å². The molecular formula is C13H9F3N6O. The van der Waals surface area contributed by atoms with E-state index in [1.54, 1.807) is 0 Å². The number of carbonyl (C=O) groups excluding carboxylic acids is 1. The summed E-state index contributed by atoms with van der Waals surface area (Å²) in [5.74, 6) is 0.188. The topological polar surface area (TPSA) is 95.6 Å². The molecule has 0 aliphatic carbocycles. The first-order chi connectivity index (χ1) is 10.9. The number of hydrogen-bond donors (Lipinski definition) is 3. The van der Waals surface area contributed by atoms with E-state index in [4.69, 9.17) is 0 Å². The molecule has 7 nitrogen and oxygen atoms in total. The molecule has 3 aromatic rings. The van der Waals surface area contributed by atoms with Crippen molar-refractivity contribution in [3.63, 3.8) is 0 Å². The highest BCUT2D eigenvalue weighted by molar-refractivity contribution is 6.03. The van der Waals surface area contributed by atoms with Crippen molar-refractivity contribution >= 4 is 28.6 Å². The van der Waals surface area contributed by atoms with Crippen LogP contribution in [-0.4, -0.2) is 26.2 Å². The molecule has 10 heteroatoms. The Morgan fingerprint density at radius 3 is 2.78 bits per heavy atom. The van der Waals surface area contributed by atoms with Gasteiger partial charge in [-0.05, 0) is 18.2 Å². The van der Waals surface area contributed by atoms with Crippen molar-refractivity contribution in [1.29, 1.82) is 0 Å². The molecule has 2 heterocycles. The lowest BCUT2D eigenvalue weighted by Crippen LogP contribution is -2.20. The van der Waals surface area contributed by atoms with Gasteiger partial charge in [-0.25, -0.2) is 14.8 Å². The van der Waals surface area contributed by atoms with Crippen LogP contribution in [-0.2, 0) is 6.18 Å². The zero-order valence-electron chi connectivity index (χ0n) is 11.3. The molecule has 0 bridgehead atoms. The fraction of sp³-hybridized carbons (Fsp3) is 0.0769. The van der Waals surface area contributed by atoms with E-state index in [-0.39, 0.29) is 11.5 Å². The number of carbonyl (C=O) groups is 1. The van der Waals surface area contributed by atoms with Crippen molar-refractivity contribution in [3.05, 3.63) is 42.4 Å². The molecule has 0 spiro atoms. The van der Waals surface area contributed by atoms with Crippen LogP contribution in [0.15, 0.2) is 36.8 Å². The molecule has 2 aromatic heterocycles. The number of urea groups is 1. The average molecular weight is 322 g/mol. The van der Waals surface area contributed by atoms with E-state index >= 15 is 0 Å². The summed E-state index contributed by atoms with van der Waals surface area (Å²) in [7, 11) is 0. The summed E-state index contributed by atoms with van der Waals surface area (Å²) in [5.41, 5.74) is -0.418. The maximum atomic E-state index is 12.6. The van der Waals surface area contributed by atoms with E-state index in [1.807, 2.05) is 0 Å². The molecule has 3 rings (SSSR count). The molecule has 1 aromatic carbocycles. The molecule has 0 aliphatic rings. The van der Waals surface area contributed by atoms with Crippen LogP contribution in [0.25, 0.3) is 11.0 Å².